The summed E-state index contributed by atoms with van der Waals surface area (Å²) in [5.41, 5.74) is 0.513. The Morgan fingerprint density at radius 2 is 2.09 bits per heavy atom. The average Bonchev–Trinajstić information content (AvgIpc) is 2.78. The molecule has 2 aliphatic rings. The lowest BCUT2D eigenvalue weighted by Gasteiger charge is -2.39. The molecule has 0 saturated carbocycles. The van der Waals surface area contributed by atoms with Gasteiger partial charge in [-0.2, -0.15) is 0 Å². The van der Waals surface area contributed by atoms with Gasteiger partial charge in [-0.3, -0.25) is 14.7 Å². The predicted octanol–water partition coefficient (Wildman–Crippen LogP) is 1.28. The normalized spacial score (nSPS) is 29.0. The summed E-state index contributed by atoms with van der Waals surface area (Å²) in [5, 5.41) is 2.90. The number of carbonyl (C=O) groups excluding carboxylic acids is 2. The molecule has 2 aliphatic heterocycles. The fourth-order valence-corrected chi connectivity index (χ4v) is 3.64. The van der Waals surface area contributed by atoms with Crippen molar-refractivity contribution in [1.29, 1.82) is 0 Å². The Hall–Kier alpha value is -1.95. The number of likely N-dealkylation sites (N-methyl/N-ethyl adjacent to an activating group) is 1. The monoisotopic (exact) mass is 316 g/mol. The van der Waals surface area contributed by atoms with E-state index < -0.39 is 5.54 Å². The van der Waals surface area contributed by atoms with E-state index in [4.69, 9.17) is 0 Å². The number of imide groups is 1. The molecule has 0 radical (unpaired) electrons. The molecule has 124 valence electrons. The van der Waals surface area contributed by atoms with Crippen LogP contribution in [0.1, 0.15) is 25.3 Å². The van der Waals surface area contributed by atoms with Gasteiger partial charge in [-0.05, 0) is 50.4 Å². The number of urea groups is 1. The number of aromatic nitrogens is 1. The van der Waals surface area contributed by atoms with E-state index in [0.29, 0.717) is 0 Å². The number of pyridine rings is 1. The first-order chi connectivity index (χ1) is 11.0. The second-order valence-electron chi connectivity index (χ2n) is 6.74. The van der Waals surface area contributed by atoms with E-state index in [1.165, 1.54) is 10.5 Å². The highest BCUT2D eigenvalue weighted by molar-refractivity contribution is 6.06. The van der Waals surface area contributed by atoms with E-state index in [1.807, 2.05) is 31.5 Å². The van der Waals surface area contributed by atoms with Crippen molar-refractivity contribution in [1.82, 2.24) is 20.1 Å². The zero-order valence-corrected chi connectivity index (χ0v) is 13.8. The maximum atomic E-state index is 12.4. The third-order valence-electron chi connectivity index (χ3n) is 5.21. The molecule has 0 aromatic carbocycles. The number of likely N-dealkylation sites (tertiary alicyclic amines) is 1. The van der Waals surface area contributed by atoms with Gasteiger partial charge in [0.1, 0.15) is 5.54 Å². The average molecular weight is 316 g/mol. The summed E-state index contributed by atoms with van der Waals surface area (Å²) >= 11 is 0. The molecule has 3 heterocycles. The van der Waals surface area contributed by atoms with Gasteiger partial charge in [0.15, 0.2) is 0 Å². The van der Waals surface area contributed by atoms with Crippen molar-refractivity contribution in [3.05, 3.63) is 30.1 Å². The molecule has 23 heavy (non-hydrogen) atoms. The maximum Gasteiger partial charge on any atom is 0.324 e. The first-order valence-corrected chi connectivity index (χ1v) is 8.22. The summed E-state index contributed by atoms with van der Waals surface area (Å²) in [6, 6.07) is 3.79. The summed E-state index contributed by atoms with van der Waals surface area (Å²) in [6.45, 7) is 4.74. The van der Waals surface area contributed by atoms with Crippen LogP contribution >= 0.6 is 0 Å². The molecular weight excluding hydrogens is 292 g/mol. The number of hydrogen-bond acceptors (Lipinski definition) is 4. The third kappa shape index (κ3) is 3.08. The summed E-state index contributed by atoms with van der Waals surface area (Å²) in [5.74, 6) is 0.0542. The maximum absolute atomic E-state index is 12.4. The minimum absolute atomic E-state index is 0.108. The molecule has 2 fully saturated rings. The lowest BCUT2D eigenvalue weighted by atomic mass is 9.80. The van der Waals surface area contributed by atoms with E-state index in [2.05, 4.69) is 15.2 Å². The summed E-state index contributed by atoms with van der Waals surface area (Å²) in [7, 11) is 1.55. The number of rotatable bonds is 4. The van der Waals surface area contributed by atoms with Gasteiger partial charge in [0.25, 0.3) is 5.91 Å². The molecule has 3 amide bonds. The van der Waals surface area contributed by atoms with Gasteiger partial charge in [0.2, 0.25) is 0 Å². The highest BCUT2D eigenvalue weighted by Gasteiger charge is 2.51. The second kappa shape index (κ2) is 6.28. The molecule has 1 aromatic heterocycles. The molecule has 2 saturated heterocycles. The molecule has 1 N–H and O–H groups in total. The molecule has 6 heteroatoms. The standard InChI is InChI=1S/C17H24N4O2/c1-17(15(22)20(2)16(23)19-17)14-4-3-10-21(12-14)11-7-13-5-8-18-9-6-13/h5-6,8-9,14H,3-4,7,10-12H2,1-2H3,(H,19,23)/t14-,17+/m0/s1. The van der Waals surface area contributed by atoms with Crippen molar-refractivity contribution in [3.8, 4) is 0 Å². The van der Waals surface area contributed by atoms with Crippen LogP contribution in [-0.2, 0) is 11.2 Å². The first kappa shape index (κ1) is 15.9. The van der Waals surface area contributed by atoms with Gasteiger partial charge in [0, 0.05) is 38.4 Å². The van der Waals surface area contributed by atoms with E-state index in [0.717, 1.165) is 38.9 Å². The van der Waals surface area contributed by atoms with Gasteiger partial charge >= 0.3 is 6.03 Å². The van der Waals surface area contributed by atoms with Gasteiger partial charge in [-0.1, -0.05) is 0 Å². The molecule has 0 spiro atoms. The van der Waals surface area contributed by atoms with Gasteiger partial charge in [-0.25, -0.2) is 4.79 Å². The van der Waals surface area contributed by atoms with Crippen molar-refractivity contribution in [2.45, 2.75) is 31.7 Å². The van der Waals surface area contributed by atoms with Crippen molar-refractivity contribution < 1.29 is 9.59 Å². The molecule has 0 aliphatic carbocycles. The van der Waals surface area contributed by atoms with Crippen LogP contribution in [0.5, 0.6) is 0 Å². The van der Waals surface area contributed by atoms with Crippen LogP contribution in [0.2, 0.25) is 0 Å². The van der Waals surface area contributed by atoms with Crippen LogP contribution < -0.4 is 5.32 Å². The Kier molecular flexibility index (Phi) is 4.35. The Labute approximate surface area is 136 Å². The highest BCUT2D eigenvalue weighted by Crippen LogP contribution is 2.32. The first-order valence-electron chi connectivity index (χ1n) is 8.22. The van der Waals surface area contributed by atoms with Gasteiger partial charge in [0.05, 0.1) is 0 Å². The molecular formula is C17H24N4O2. The SMILES string of the molecule is CN1C(=O)N[C@](C)([C@H]2CCCN(CCc3ccncc3)C2)C1=O. The summed E-state index contributed by atoms with van der Waals surface area (Å²) in [6.07, 6.45) is 6.65. The van der Waals surface area contributed by atoms with Gasteiger partial charge in [-0.15, -0.1) is 0 Å². The number of carbonyl (C=O) groups is 2. The zero-order chi connectivity index (χ0) is 16.4. The van der Waals surface area contributed by atoms with Crippen LogP contribution in [0.15, 0.2) is 24.5 Å². The molecule has 0 bridgehead atoms. The van der Waals surface area contributed by atoms with E-state index in [1.54, 1.807) is 7.05 Å². The summed E-state index contributed by atoms with van der Waals surface area (Å²) in [4.78, 5) is 31.9. The van der Waals surface area contributed by atoms with E-state index >= 15 is 0 Å². The lowest BCUT2D eigenvalue weighted by molar-refractivity contribution is -0.132. The highest BCUT2D eigenvalue weighted by atomic mass is 16.2. The summed E-state index contributed by atoms with van der Waals surface area (Å²) < 4.78 is 0. The Bertz CT molecular complexity index is 592. The smallest absolute Gasteiger partial charge is 0.323 e. The van der Waals surface area contributed by atoms with E-state index in [9.17, 15) is 9.59 Å². The Morgan fingerprint density at radius 3 is 2.74 bits per heavy atom. The molecule has 0 unspecified atom stereocenters. The number of nitrogens with zero attached hydrogens (tertiary/aromatic N) is 3. The fraction of sp³-hybridized carbons (Fsp3) is 0.588. The minimum Gasteiger partial charge on any atom is -0.323 e. The van der Waals surface area contributed by atoms with Crippen LogP contribution in [0.3, 0.4) is 0 Å². The predicted molar refractivity (Wildman–Crippen MR) is 86.8 cm³/mol. The van der Waals surface area contributed by atoms with Crippen LogP contribution in [0.25, 0.3) is 0 Å². The fourth-order valence-electron chi connectivity index (χ4n) is 3.64. The lowest BCUT2D eigenvalue weighted by Crippen LogP contribution is -2.55. The van der Waals surface area contributed by atoms with Crippen molar-refractivity contribution >= 4 is 11.9 Å². The second-order valence-corrected chi connectivity index (χ2v) is 6.74. The van der Waals surface area contributed by atoms with Crippen molar-refractivity contribution in [2.75, 3.05) is 26.7 Å². The number of amides is 3. The van der Waals surface area contributed by atoms with Crippen LogP contribution in [0.4, 0.5) is 4.79 Å². The molecule has 1 aromatic rings. The zero-order valence-electron chi connectivity index (χ0n) is 13.8. The van der Waals surface area contributed by atoms with E-state index in [-0.39, 0.29) is 17.9 Å². The van der Waals surface area contributed by atoms with Crippen LogP contribution in [-0.4, -0.2) is 58.9 Å². The van der Waals surface area contributed by atoms with Crippen molar-refractivity contribution in [2.24, 2.45) is 5.92 Å². The Morgan fingerprint density at radius 1 is 1.35 bits per heavy atom. The number of nitrogens with one attached hydrogen (secondary N) is 1. The third-order valence-corrected chi connectivity index (χ3v) is 5.21. The topological polar surface area (TPSA) is 65.5 Å². The molecule has 6 nitrogen and oxygen atoms in total. The molecule has 3 rings (SSSR count). The quantitative estimate of drug-likeness (QED) is 0.850. The van der Waals surface area contributed by atoms with Gasteiger partial charge < -0.3 is 10.2 Å². The van der Waals surface area contributed by atoms with Crippen LogP contribution in [0, 0.1) is 5.92 Å². The number of piperidine rings is 1. The Balaban J connectivity index is 1.62. The number of hydrogen-bond donors (Lipinski definition) is 1. The largest absolute Gasteiger partial charge is 0.324 e. The molecule has 2 atom stereocenters. The minimum atomic E-state index is -0.763. The van der Waals surface area contributed by atoms with Crippen molar-refractivity contribution in [3.63, 3.8) is 0 Å².